The van der Waals surface area contributed by atoms with Gasteiger partial charge >= 0.3 is 5.69 Å². The molecule has 1 N–H and O–H groups in total. The van der Waals surface area contributed by atoms with E-state index in [9.17, 15) is 9.59 Å². The van der Waals surface area contributed by atoms with Crippen LogP contribution in [0.3, 0.4) is 0 Å². The smallest absolute Gasteiger partial charge is 0.285 e. The van der Waals surface area contributed by atoms with Crippen molar-refractivity contribution in [1.82, 2.24) is 9.32 Å². The van der Waals surface area contributed by atoms with E-state index in [4.69, 9.17) is 0 Å². The highest BCUT2D eigenvalue weighted by atomic mass is 31.0. The van der Waals surface area contributed by atoms with Crippen molar-refractivity contribution >= 4 is 9.39 Å². The Bertz CT molecular complexity index is 320. The number of hydrogen-bond acceptors (Lipinski definition) is 2. The minimum atomic E-state index is -0.416. The summed E-state index contributed by atoms with van der Waals surface area (Å²) in [5.41, 5.74) is -0.223. The van der Waals surface area contributed by atoms with E-state index in [2.05, 4.69) is 14.4 Å². The van der Waals surface area contributed by atoms with Crippen LogP contribution in [0.1, 0.15) is 5.56 Å². The predicted molar refractivity (Wildman–Crippen MR) is 41.2 cm³/mol. The van der Waals surface area contributed by atoms with Crippen molar-refractivity contribution in [3.63, 3.8) is 0 Å². The second-order valence-corrected chi connectivity index (χ2v) is 2.54. The number of nitrogens with zero attached hydrogens (tertiary/aromatic N) is 1. The first-order valence-corrected chi connectivity index (χ1v) is 3.20. The molecule has 4 nitrogen and oxygen atoms in total. The molecule has 0 saturated heterocycles. The number of aryl methyl sites for hydroxylation is 1. The largest absolute Gasteiger partial charge is 0.331 e. The summed E-state index contributed by atoms with van der Waals surface area (Å²) in [5.74, 6) is 0. The number of rotatable bonds is 0. The highest BCUT2D eigenvalue weighted by molar-refractivity contribution is 7.14. The molecule has 0 aliphatic heterocycles. The first-order chi connectivity index (χ1) is 4.61. The summed E-state index contributed by atoms with van der Waals surface area (Å²) in [7, 11) is 2.18. The Balaban J connectivity index is 3.59. The molecule has 5 heteroatoms. The van der Waals surface area contributed by atoms with E-state index >= 15 is 0 Å². The quantitative estimate of drug-likeness (QED) is 0.516. The number of H-pyrrole nitrogens is 1. The van der Waals surface area contributed by atoms with Crippen LogP contribution in [0.25, 0.3) is 0 Å². The summed E-state index contributed by atoms with van der Waals surface area (Å²) in [6.45, 7) is 1.64. The normalized spacial score (nSPS) is 9.80. The molecule has 1 heterocycles. The summed E-state index contributed by atoms with van der Waals surface area (Å²) in [6.07, 6.45) is 1.46. The predicted octanol–water partition coefficient (Wildman–Crippen LogP) is -0.517. The van der Waals surface area contributed by atoms with Gasteiger partial charge in [-0.15, -0.1) is 0 Å². The summed E-state index contributed by atoms with van der Waals surface area (Å²) >= 11 is 0. The lowest BCUT2D eigenvalue weighted by Gasteiger charge is -1.94. The molecule has 0 fully saturated rings. The molecule has 0 amide bonds. The number of aromatic amines is 1. The fourth-order valence-corrected chi connectivity index (χ4v) is 0.874. The van der Waals surface area contributed by atoms with Gasteiger partial charge in [-0.05, 0) is 16.3 Å². The molecule has 0 aromatic carbocycles. The highest BCUT2D eigenvalue weighted by Gasteiger charge is 1.94. The molecule has 54 valence electrons. The van der Waals surface area contributed by atoms with Crippen molar-refractivity contribution in [3.05, 3.63) is 32.6 Å². The maximum absolute atomic E-state index is 10.7. The number of hydrogen-bond donors (Lipinski definition) is 1. The number of nitrogens with one attached hydrogen (secondary N) is 1. The molecule has 0 radical (unpaired) electrons. The molecule has 10 heavy (non-hydrogen) atoms. The molecule has 0 bridgehead atoms. The first-order valence-electron chi connectivity index (χ1n) is 2.69. The van der Waals surface area contributed by atoms with Gasteiger partial charge < -0.3 is 0 Å². The van der Waals surface area contributed by atoms with Gasteiger partial charge in [0.1, 0.15) is 0 Å². The van der Waals surface area contributed by atoms with Gasteiger partial charge in [0.05, 0.1) is 0 Å². The van der Waals surface area contributed by atoms with E-state index in [1.54, 1.807) is 6.92 Å². The van der Waals surface area contributed by atoms with E-state index in [0.717, 1.165) is 0 Å². The summed E-state index contributed by atoms with van der Waals surface area (Å²) in [5, 5.41) is 0. The fraction of sp³-hybridized carbons (Fsp3) is 0.200. The van der Waals surface area contributed by atoms with Crippen LogP contribution in [-0.2, 0) is 0 Å². The van der Waals surface area contributed by atoms with Crippen LogP contribution in [-0.4, -0.2) is 9.32 Å². The van der Waals surface area contributed by atoms with E-state index in [0.29, 0.717) is 5.56 Å². The molecule has 1 unspecified atom stereocenters. The zero-order chi connectivity index (χ0) is 7.72. The molecule has 1 atom stereocenters. The van der Waals surface area contributed by atoms with Crippen LogP contribution in [0.5, 0.6) is 0 Å². The summed E-state index contributed by atoms with van der Waals surface area (Å²) in [6, 6.07) is 0. The zero-order valence-electron chi connectivity index (χ0n) is 5.42. The first kappa shape index (κ1) is 7.22. The second-order valence-electron chi connectivity index (χ2n) is 1.98. The van der Waals surface area contributed by atoms with Gasteiger partial charge in [-0.25, -0.2) is 4.79 Å². The Kier molecular flexibility index (Phi) is 1.72. The van der Waals surface area contributed by atoms with Gasteiger partial charge in [0.25, 0.3) is 5.56 Å². The van der Waals surface area contributed by atoms with Gasteiger partial charge in [-0.1, -0.05) is 0 Å². The van der Waals surface area contributed by atoms with E-state index in [1.807, 2.05) is 0 Å². The third kappa shape index (κ3) is 1.16. The Hall–Kier alpha value is -0.890. The topological polar surface area (TPSA) is 54.9 Å². The van der Waals surface area contributed by atoms with Crippen LogP contribution in [0.15, 0.2) is 15.8 Å². The van der Waals surface area contributed by atoms with Crippen LogP contribution in [0.4, 0.5) is 0 Å². The fourth-order valence-electron chi connectivity index (χ4n) is 0.586. The van der Waals surface area contributed by atoms with Crippen LogP contribution in [0, 0.1) is 6.92 Å². The van der Waals surface area contributed by atoms with Crippen molar-refractivity contribution in [3.8, 4) is 0 Å². The lowest BCUT2D eigenvalue weighted by atomic mass is 10.4. The molecule has 1 aromatic heterocycles. The minimum Gasteiger partial charge on any atom is -0.285 e. The standard InChI is InChI=1S/C5H7N2O2P/c1-3-2-7(10)5(9)6-4(3)8/h2H,10H2,1H3,(H,6,8,9). The van der Waals surface area contributed by atoms with Gasteiger partial charge in [0.2, 0.25) is 0 Å². The average molecular weight is 158 g/mol. The van der Waals surface area contributed by atoms with Gasteiger partial charge in [0, 0.05) is 11.8 Å². The average Bonchev–Trinajstić information content (AvgIpc) is 1.84. The third-order valence-corrected chi connectivity index (χ3v) is 1.53. The maximum atomic E-state index is 10.7. The molecule has 1 rings (SSSR count). The lowest BCUT2D eigenvalue weighted by Crippen LogP contribution is -2.26. The van der Waals surface area contributed by atoms with Crippen molar-refractivity contribution in [1.29, 1.82) is 0 Å². The van der Waals surface area contributed by atoms with Crippen molar-refractivity contribution in [2.75, 3.05) is 0 Å². The van der Waals surface area contributed by atoms with E-state index in [-0.39, 0.29) is 5.56 Å². The SMILES string of the molecule is Cc1cn(P)c(=O)[nH]c1=O. The molecule has 0 aliphatic rings. The van der Waals surface area contributed by atoms with Crippen LogP contribution >= 0.6 is 9.39 Å². The molecule has 0 aliphatic carbocycles. The van der Waals surface area contributed by atoms with Crippen molar-refractivity contribution in [2.45, 2.75) is 6.92 Å². The summed E-state index contributed by atoms with van der Waals surface area (Å²) < 4.78 is 1.25. The zero-order valence-corrected chi connectivity index (χ0v) is 6.57. The van der Waals surface area contributed by atoms with Crippen LogP contribution in [0.2, 0.25) is 0 Å². The van der Waals surface area contributed by atoms with Gasteiger partial charge in [-0.3, -0.25) is 14.1 Å². The lowest BCUT2D eigenvalue weighted by molar-refractivity contribution is 0.965. The number of aromatic nitrogens is 2. The molecular formula is C5H7N2O2P. The Morgan fingerprint density at radius 2 is 2.20 bits per heavy atom. The Morgan fingerprint density at radius 1 is 1.60 bits per heavy atom. The van der Waals surface area contributed by atoms with Crippen LogP contribution < -0.4 is 11.2 Å². The Labute approximate surface area is 59.2 Å². The van der Waals surface area contributed by atoms with Crippen molar-refractivity contribution < 1.29 is 0 Å². The van der Waals surface area contributed by atoms with Gasteiger partial charge in [0.15, 0.2) is 0 Å². The molecule has 1 aromatic rings. The minimum absolute atomic E-state index is 0.330. The summed E-state index contributed by atoms with van der Waals surface area (Å²) in [4.78, 5) is 23.5. The second kappa shape index (κ2) is 2.39. The van der Waals surface area contributed by atoms with Crippen molar-refractivity contribution in [2.24, 2.45) is 0 Å². The monoisotopic (exact) mass is 158 g/mol. The van der Waals surface area contributed by atoms with E-state index in [1.165, 1.54) is 10.5 Å². The third-order valence-electron chi connectivity index (χ3n) is 1.15. The van der Waals surface area contributed by atoms with Gasteiger partial charge in [-0.2, -0.15) is 0 Å². The maximum Gasteiger partial charge on any atom is 0.331 e. The van der Waals surface area contributed by atoms with E-state index < -0.39 is 5.69 Å². The molecule has 0 saturated carbocycles. The Morgan fingerprint density at radius 3 is 2.70 bits per heavy atom. The molecular weight excluding hydrogens is 151 g/mol. The molecule has 0 spiro atoms. The highest BCUT2D eigenvalue weighted by Crippen LogP contribution is 1.86.